The van der Waals surface area contributed by atoms with E-state index < -0.39 is 0 Å². The average Bonchev–Trinajstić information content (AvgIpc) is 2.28. The maximum absolute atomic E-state index is 5.82. The summed E-state index contributed by atoms with van der Waals surface area (Å²) < 4.78 is 5.52. The van der Waals surface area contributed by atoms with Gasteiger partial charge >= 0.3 is 0 Å². The zero-order chi connectivity index (χ0) is 13.9. The van der Waals surface area contributed by atoms with Crippen molar-refractivity contribution in [1.29, 1.82) is 0 Å². The van der Waals surface area contributed by atoms with Crippen LogP contribution in [0, 0.1) is 13.8 Å². The van der Waals surface area contributed by atoms with E-state index in [1.54, 1.807) is 7.11 Å². The molecule has 0 aliphatic rings. The number of likely N-dealkylation sites (N-methyl/N-ethyl adjacent to an activating group) is 1. The van der Waals surface area contributed by atoms with Crippen molar-refractivity contribution in [3.63, 3.8) is 0 Å². The van der Waals surface area contributed by atoms with Gasteiger partial charge in [0, 0.05) is 24.2 Å². The van der Waals surface area contributed by atoms with Crippen molar-refractivity contribution in [2.75, 3.05) is 20.7 Å². The topological polar surface area (TPSA) is 38.5 Å². The summed E-state index contributed by atoms with van der Waals surface area (Å²) in [4.78, 5) is 2.27. The van der Waals surface area contributed by atoms with Crippen molar-refractivity contribution in [3.8, 4) is 5.75 Å². The molecule has 102 valence electrons. The van der Waals surface area contributed by atoms with Gasteiger partial charge in [0.15, 0.2) is 0 Å². The highest BCUT2D eigenvalue weighted by molar-refractivity contribution is 5.43. The summed E-state index contributed by atoms with van der Waals surface area (Å²) in [5.74, 6) is 0.986. The van der Waals surface area contributed by atoms with E-state index in [9.17, 15) is 0 Å². The van der Waals surface area contributed by atoms with Crippen molar-refractivity contribution >= 4 is 0 Å². The quantitative estimate of drug-likeness (QED) is 0.872. The first-order valence-electron chi connectivity index (χ1n) is 6.37. The molecule has 0 bridgehead atoms. The monoisotopic (exact) mass is 250 g/mol. The largest absolute Gasteiger partial charge is 0.496 e. The molecule has 0 aliphatic heterocycles. The number of aryl methyl sites for hydroxylation is 2. The zero-order valence-electron chi connectivity index (χ0n) is 12.5. The van der Waals surface area contributed by atoms with Crippen molar-refractivity contribution in [1.82, 2.24) is 4.90 Å². The molecule has 0 amide bonds. The average molecular weight is 250 g/mol. The number of methoxy groups -OCH3 is 1. The molecule has 1 rings (SSSR count). The van der Waals surface area contributed by atoms with Crippen molar-refractivity contribution in [2.45, 2.75) is 39.8 Å². The molecule has 0 aromatic heterocycles. The number of nitrogens with two attached hydrogens (primary N) is 1. The second-order valence-corrected chi connectivity index (χ2v) is 5.65. The van der Waals surface area contributed by atoms with E-state index in [-0.39, 0.29) is 5.54 Å². The van der Waals surface area contributed by atoms with E-state index in [1.165, 1.54) is 16.7 Å². The van der Waals surface area contributed by atoms with Gasteiger partial charge in [-0.05, 0) is 40.3 Å². The lowest BCUT2D eigenvalue weighted by molar-refractivity contribution is 0.154. The molecule has 0 radical (unpaired) electrons. The fourth-order valence-electron chi connectivity index (χ4n) is 2.08. The second kappa shape index (κ2) is 5.72. The predicted molar refractivity (Wildman–Crippen MR) is 77.1 cm³/mol. The lowest BCUT2D eigenvalue weighted by Crippen LogP contribution is -2.46. The summed E-state index contributed by atoms with van der Waals surface area (Å²) >= 11 is 0. The van der Waals surface area contributed by atoms with Crippen molar-refractivity contribution in [3.05, 3.63) is 28.8 Å². The van der Waals surface area contributed by atoms with Gasteiger partial charge in [0.2, 0.25) is 0 Å². The highest BCUT2D eigenvalue weighted by Gasteiger charge is 2.22. The van der Waals surface area contributed by atoms with Gasteiger partial charge in [-0.2, -0.15) is 0 Å². The molecule has 1 aromatic carbocycles. The second-order valence-electron chi connectivity index (χ2n) is 5.65. The number of ether oxygens (including phenoxy) is 1. The van der Waals surface area contributed by atoms with Gasteiger partial charge in [-0.3, -0.25) is 4.90 Å². The Hall–Kier alpha value is -1.06. The van der Waals surface area contributed by atoms with Crippen LogP contribution < -0.4 is 10.5 Å². The standard InChI is InChI=1S/C15H26N2O/c1-11-7-12(2)14(18-6)13(8-11)9-17(5)15(3,4)10-16/h7-8H,9-10,16H2,1-6H3. The molecule has 2 N–H and O–H groups in total. The Kier molecular flexibility index (Phi) is 4.77. The molecule has 3 nitrogen and oxygen atoms in total. The molecule has 0 heterocycles. The first kappa shape index (κ1) is 15.0. The fourth-order valence-corrected chi connectivity index (χ4v) is 2.08. The molecule has 0 fully saturated rings. The van der Waals surface area contributed by atoms with Gasteiger partial charge in [-0.25, -0.2) is 0 Å². The van der Waals surface area contributed by atoms with Gasteiger partial charge in [0.1, 0.15) is 5.75 Å². The lowest BCUT2D eigenvalue weighted by atomic mass is 10.0. The minimum atomic E-state index is -0.0112. The molecule has 0 saturated carbocycles. The van der Waals surface area contributed by atoms with Gasteiger partial charge in [-0.15, -0.1) is 0 Å². The highest BCUT2D eigenvalue weighted by atomic mass is 16.5. The zero-order valence-corrected chi connectivity index (χ0v) is 12.5. The molecule has 1 aromatic rings. The van der Waals surface area contributed by atoms with E-state index in [2.05, 4.69) is 51.8 Å². The third-order valence-electron chi connectivity index (χ3n) is 3.64. The summed E-state index contributed by atoms with van der Waals surface area (Å²) in [5.41, 5.74) is 9.48. The first-order chi connectivity index (χ1) is 8.31. The van der Waals surface area contributed by atoms with E-state index >= 15 is 0 Å². The van der Waals surface area contributed by atoms with Crippen LogP contribution in [0.3, 0.4) is 0 Å². The molecule has 0 unspecified atom stereocenters. The Morgan fingerprint density at radius 3 is 2.39 bits per heavy atom. The van der Waals surface area contributed by atoms with Crippen LogP contribution in [-0.2, 0) is 6.54 Å². The number of nitrogens with zero attached hydrogens (tertiary/aromatic N) is 1. The van der Waals surface area contributed by atoms with Crippen LogP contribution in [0.25, 0.3) is 0 Å². The maximum atomic E-state index is 5.82. The Morgan fingerprint density at radius 2 is 1.89 bits per heavy atom. The van der Waals surface area contributed by atoms with Gasteiger partial charge in [0.05, 0.1) is 7.11 Å². The molecule has 0 atom stereocenters. The van der Waals surface area contributed by atoms with E-state index in [4.69, 9.17) is 10.5 Å². The summed E-state index contributed by atoms with van der Waals surface area (Å²) in [7, 11) is 3.83. The third-order valence-corrected chi connectivity index (χ3v) is 3.64. The molecule has 0 spiro atoms. The number of hydrogen-bond acceptors (Lipinski definition) is 3. The molecule has 3 heteroatoms. The van der Waals surface area contributed by atoms with Crippen LogP contribution in [0.15, 0.2) is 12.1 Å². The Balaban J connectivity index is 3.04. The normalized spacial score (nSPS) is 12.0. The Morgan fingerprint density at radius 1 is 1.28 bits per heavy atom. The molecule has 0 saturated heterocycles. The SMILES string of the molecule is COc1c(C)cc(C)cc1CN(C)C(C)(C)CN. The molecule has 18 heavy (non-hydrogen) atoms. The number of benzene rings is 1. The van der Waals surface area contributed by atoms with E-state index in [0.29, 0.717) is 6.54 Å². The van der Waals surface area contributed by atoms with Crippen molar-refractivity contribution in [2.24, 2.45) is 5.73 Å². The Labute approximate surface area is 111 Å². The molecule has 0 aliphatic carbocycles. The van der Waals surface area contributed by atoms with E-state index in [0.717, 1.165) is 12.3 Å². The van der Waals surface area contributed by atoms with E-state index in [1.807, 2.05) is 0 Å². The van der Waals surface area contributed by atoms with Gasteiger partial charge in [0.25, 0.3) is 0 Å². The minimum absolute atomic E-state index is 0.0112. The van der Waals surface area contributed by atoms with Gasteiger partial charge in [-0.1, -0.05) is 17.7 Å². The van der Waals surface area contributed by atoms with Crippen LogP contribution in [-0.4, -0.2) is 31.1 Å². The number of rotatable bonds is 5. The van der Waals surface area contributed by atoms with Crippen molar-refractivity contribution < 1.29 is 4.74 Å². The molecular weight excluding hydrogens is 224 g/mol. The third kappa shape index (κ3) is 3.24. The smallest absolute Gasteiger partial charge is 0.126 e. The highest BCUT2D eigenvalue weighted by Crippen LogP contribution is 2.27. The van der Waals surface area contributed by atoms with Crippen LogP contribution >= 0.6 is 0 Å². The summed E-state index contributed by atoms with van der Waals surface area (Å²) in [6.07, 6.45) is 0. The Bertz CT molecular complexity index is 413. The molecular formula is C15H26N2O. The lowest BCUT2D eigenvalue weighted by Gasteiger charge is -2.35. The predicted octanol–water partition coefficient (Wildman–Crippen LogP) is 2.48. The number of hydrogen-bond donors (Lipinski definition) is 1. The maximum Gasteiger partial charge on any atom is 0.126 e. The summed E-state index contributed by atoms with van der Waals surface area (Å²) in [6.45, 7) is 9.99. The summed E-state index contributed by atoms with van der Waals surface area (Å²) in [6, 6.07) is 4.34. The fraction of sp³-hybridized carbons (Fsp3) is 0.600. The first-order valence-corrected chi connectivity index (χ1v) is 6.37. The minimum Gasteiger partial charge on any atom is -0.496 e. The van der Waals surface area contributed by atoms with Crippen LogP contribution in [0.1, 0.15) is 30.5 Å². The van der Waals surface area contributed by atoms with Crippen LogP contribution in [0.5, 0.6) is 5.75 Å². The van der Waals surface area contributed by atoms with Crippen LogP contribution in [0.4, 0.5) is 0 Å². The van der Waals surface area contributed by atoms with Crippen LogP contribution in [0.2, 0.25) is 0 Å². The van der Waals surface area contributed by atoms with Gasteiger partial charge < -0.3 is 10.5 Å². The summed E-state index contributed by atoms with van der Waals surface area (Å²) in [5, 5.41) is 0.